The van der Waals surface area contributed by atoms with Gasteiger partial charge in [-0.3, -0.25) is 9.69 Å². The maximum Gasteiger partial charge on any atom is 0.328 e. The van der Waals surface area contributed by atoms with Gasteiger partial charge in [0.1, 0.15) is 10.4 Å². The average molecular weight is 364 g/mol. The van der Waals surface area contributed by atoms with E-state index in [-0.39, 0.29) is 11.3 Å². The standard InChI is InChI=1S/C18H21NO3S2/c1-11(16(21)22-5)19-15(20)14(24-17(19)23)10-12-6-8-13(9-7-12)18(2,3)4/h6-11H,1-5H3/b14-10-/t11-/m0/s1. The van der Waals surface area contributed by atoms with Crippen LogP contribution in [-0.2, 0) is 19.7 Å². The fourth-order valence-corrected chi connectivity index (χ4v) is 3.74. The zero-order valence-electron chi connectivity index (χ0n) is 14.5. The number of esters is 1. The van der Waals surface area contributed by atoms with Crippen LogP contribution in [0.25, 0.3) is 6.08 Å². The Bertz CT molecular complexity index is 702. The molecule has 24 heavy (non-hydrogen) atoms. The number of carbonyl (C=O) groups is 2. The molecule has 0 radical (unpaired) electrons. The zero-order valence-corrected chi connectivity index (χ0v) is 16.1. The molecule has 4 nitrogen and oxygen atoms in total. The Morgan fingerprint density at radius 3 is 2.38 bits per heavy atom. The van der Waals surface area contributed by atoms with E-state index in [0.717, 1.165) is 5.56 Å². The highest BCUT2D eigenvalue weighted by atomic mass is 32.2. The topological polar surface area (TPSA) is 46.6 Å². The van der Waals surface area contributed by atoms with Crippen LogP contribution in [0.15, 0.2) is 29.2 Å². The third-order valence-electron chi connectivity index (χ3n) is 3.83. The van der Waals surface area contributed by atoms with Crippen molar-refractivity contribution in [2.45, 2.75) is 39.2 Å². The number of ether oxygens (including phenoxy) is 1. The number of methoxy groups -OCH3 is 1. The van der Waals surface area contributed by atoms with Gasteiger partial charge in [0.25, 0.3) is 5.91 Å². The second-order valence-corrected chi connectivity index (χ2v) is 8.30. The quantitative estimate of drug-likeness (QED) is 0.465. The van der Waals surface area contributed by atoms with Gasteiger partial charge >= 0.3 is 5.97 Å². The molecule has 1 atom stereocenters. The van der Waals surface area contributed by atoms with Gasteiger partial charge < -0.3 is 4.74 Å². The predicted octanol–water partition coefficient (Wildman–Crippen LogP) is 3.75. The molecule has 1 fully saturated rings. The second kappa shape index (κ2) is 7.07. The van der Waals surface area contributed by atoms with Gasteiger partial charge in [0, 0.05) is 0 Å². The Hall–Kier alpha value is -1.66. The van der Waals surface area contributed by atoms with Crippen molar-refractivity contribution in [1.29, 1.82) is 0 Å². The van der Waals surface area contributed by atoms with Crippen molar-refractivity contribution in [2.75, 3.05) is 7.11 Å². The molecular formula is C18H21NO3S2. The fourth-order valence-electron chi connectivity index (χ4n) is 2.32. The maximum absolute atomic E-state index is 12.5. The number of thiocarbonyl (C=S) groups is 1. The molecule has 0 saturated carbocycles. The molecule has 1 heterocycles. The van der Waals surface area contributed by atoms with Crippen LogP contribution in [0.5, 0.6) is 0 Å². The first kappa shape index (κ1) is 18.7. The summed E-state index contributed by atoms with van der Waals surface area (Å²) in [5.74, 6) is -0.745. The lowest BCUT2D eigenvalue weighted by Crippen LogP contribution is -2.42. The minimum Gasteiger partial charge on any atom is -0.467 e. The SMILES string of the molecule is COC(=O)[C@H](C)N1C(=O)/C(=C/c2ccc(C(C)(C)C)cc2)SC1=S. The summed E-state index contributed by atoms with van der Waals surface area (Å²) in [6.07, 6.45) is 1.80. The molecule has 1 aliphatic rings. The molecule has 0 aromatic heterocycles. The highest BCUT2D eigenvalue weighted by molar-refractivity contribution is 8.26. The molecule has 1 amide bonds. The summed E-state index contributed by atoms with van der Waals surface area (Å²) in [5, 5.41) is 0. The molecular weight excluding hydrogens is 342 g/mol. The minimum absolute atomic E-state index is 0.0813. The van der Waals surface area contributed by atoms with E-state index in [9.17, 15) is 9.59 Å². The van der Waals surface area contributed by atoms with Gasteiger partial charge in [0.05, 0.1) is 12.0 Å². The Morgan fingerprint density at radius 2 is 1.88 bits per heavy atom. The Morgan fingerprint density at radius 1 is 1.29 bits per heavy atom. The van der Waals surface area contributed by atoms with E-state index in [1.807, 2.05) is 12.1 Å². The van der Waals surface area contributed by atoms with E-state index in [1.165, 1.54) is 29.3 Å². The van der Waals surface area contributed by atoms with Crippen LogP contribution in [0.4, 0.5) is 0 Å². The van der Waals surface area contributed by atoms with Gasteiger partial charge in [-0.2, -0.15) is 0 Å². The first-order valence-electron chi connectivity index (χ1n) is 7.60. The number of amides is 1. The highest BCUT2D eigenvalue weighted by Crippen LogP contribution is 2.34. The van der Waals surface area contributed by atoms with E-state index in [2.05, 4.69) is 32.9 Å². The van der Waals surface area contributed by atoms with E-state index in [4.69, 9.17) is 17.0 Å². The number of rotatable bonds is 3. The molecule has 2 rings (SSSR count). The Labute approximate surface area is 152 Å². The van der Waals surface area contributed by atoms with Crippen molar-refractivity contribution >= 4 is 46.3 Å². The molecule has 1 aliphatic heterocycles. The van der Waals surface area contributed by atoms with Gasteiger partial charge in [0.2, 0.25) is 0 Å². The molecule has 1 aromatic rings. The highest BCUT2D eigenvalue weighted by Gasteiger charge is 2.38. The lowest BCUT2D eigenvalue weighted by atomic mass is 9.87. The summed E-state index contributed by atoms with van der Waals surface area (Å²) in [5.41, 5.74) is 2.23. The third-order valence-corrected chi connectivity index (χ3v) is 5.16. The van der Waals surface area contributed by atoms with Crippen LogP contribution in [-0.4, -0.2) is 34.2 Å². The summed E-state index contributed by atoms with van der Waals surface area (Å²) >= 11 is 6.45. The van der Waals surface area contributed by atoms with Crippen LogP contribution in [0.3, 0.4) is 0 Å². The maximum atomic E-state index is 12.5. The predicted molar refractivity (Wildman–Crippen MR) is 102 cm³/mol. The summed E-state index contributed by atoms with van der Waals surface area (Å²) in [4.78, 5) is 26.1. The van der Waals surface area contributed by atoms with E-state index in [0.29, 0.717) is 9.23 Å². The van der Waals surface area contributed by atoms with Crippen molar-refractivity contribution in [3.8, 4) is 0 Å². The summed E-state index contributed by atoms with van der Waals surface area (Å²) in [6.45, 7) is 8.07. The number of carbonyl (C=O) groups excluding carboxylic acids is 2. The monoisotopic (exact) mass is 363 g/mol. The Kier molecular flexibility index (Phi) is 5.50. The number of benzene rings is 1. The van der Waals surface area contributed by atoms with Crippen molar-refractivity contribution < 1.29 is 14.3 Å². The number of nitrogens with zero attached hydrogens (tertiary/aromatic N) is 1. The lowest BCUT2D eigenvalue weighted by Gasteiger charge is -2.20. The largest absolute Gasteiger partial charge is 0.467 e. The van der Waals surface area contributed by atoms with Gasteiger partial charge in [-0.15, -0.1) is 0 Å². The van der Waals surface area contributed by atoms with Crippen LogP contribution in [0, 0.1) is 0 Å². The van der Waals surface area contributed by atoms with Gasteiger partial charge in [-0.05, 0) is 29.5 Å². The first-order chi connectivity index (χ1) is 11.1. The van der Waals surface area contributed by atoms with Crippen LogP contribution in [0.1, 0.15) is 38.8 Å². The van der Waals surface area contributed by atoms with Crippen molar-refractivity contribution in [1.82, 2.24) is 4.90 Å². The molecule has 1 aromatic carbocycles. The van der Waals surface area contributed by atoms with Crippen LogP contribution in [0.2, 0.25) is 0 Å². The third kappa shape index (κ3) is 3.87. The van der Waals surface area contributed by atoms with Gasteiger partial charge in [0.15, 0.2) is 0 Å². The Balaban J connectivity index is 2.24. The first-order valence-corrected chi connectivity index (χ1v) is 8.83. The fraction of sp³-hybridized carbons (Fsp3) is 0.389. The second-order valence-electron chi connectivity index (χ2n) is 6.62. The molecule has 0 spiro atoms. The van der Waals surface area contributed by atoms with Crippen LogP contribution < -0.4 is 0 Å². The van der Waals surface area contributed by atoms with Crippen molar-refractivity contribution in [3.63, 3.8) is 0 Å². The molecule has 1 saturated heterocycles. The summed E-state index contributed by atoms with van der Waals surface area (Å²) in [7, 11) is 1.29. The molecule has 128 valence electrons. The van der Waals surface area contributed by atoms with E-state index in [1.54, 1.807) is 13.0 Å². The summed E-state index contributed by atoms with van der Waals surface area (Å²) < 4.78 is 5.07. The lowest BCUT2D eigenvalue weighted by molar-refractivity contribution is -0.147. The van der Waals surface area contributed by atoms with Gasteiger partial charge in [-0.25, -0.2) is 4.79 Å². The smallest absolute Gasteiger partial charge is 0.328 e. The van der Waals surface area contributed by atoms with E-state index >= 15 is 0 Å². The van der Waals surface area contributed by atoms with E-state index < -0.39 is 12.0 Å². The molecule has 0 aliphatic carbocycles. The number of thioether (sulfide) groups is 1. The van der Waals surface area contributed by atoms with Crippen LogP contribution >= 0.6 is 24.0 Å². The molecule has 0 N–H and O–H groups in total. The normalized spacial score (nSPS) is 18.2. The number of hydrogen-bond acceptors (Lipinski definition) is 5. The van der Waals surface area contributed by atoms with Crippen molar-refractivity contribution in [3.05, 3.63) is 40.3 Å². The zero-order chi connectivity index (χ0) is 18.1. The average Bonchev–Trinajstić information content (AvgIpc) is 2.79. The molecule has 0 unspecified atom stereocenters. The van der Waals surface area contributed by atoms with Gasteiger partial charge in [-0.1, -0.05) is 69.0 Å². The molecule has 6 heteroatoms. The van der Waals surface area contributed by atoms with Crippen molar-refractivity contribution in [2.24, 2.45) is 0 Å². The summed E-state index contributed by atoms with van der Waals surface area (Å²) in [6, 6.07) is 7.36. The minimum atomic E-state index is -0.725. The molecule has 0 bridgehead atoms. The number of hydrogen-bond donors (Lipinski definition) is 0.